The summed E-state index contributed by atoms with van der Waals surface area (Å²) in [6.45, 7) is 4.26. The standard InChI is InChI=1S/C10H21NO3/c1-2-3-8-11-9-6-4-5-7-10(12)14-13/h11,13H,2-9H2,1H3. The third-order valence-electron chi connectivity index (χ3n) is 2.04. The molecule has 0 amide bonds. The van der Waals surface area contributed by atoms with E-state index in [0.29, 0.717) is 6.42 Å². The van der Waals surface area contributed by atoms with Gasteiger partial charge in [0.15, 0.2) is 0 Å². The molecule has 0 aromatic carbocycles. The van der Waals surface area contributed by atoms with E-state index in [-0.39, 0.29) is 0 Å². The zero-order chi connectivity index (χ0) is 10.6. The van der Waals surface area contributed by atoms with Crippen molar-refractivity contribution in [2.75, 3.05) is 13.1 Å². The Morgan fingerprint density at radius 3 is 2.57 bits per heavy atom. The Bertz CT molecular complexity index is 139. The van der Waals surface area contributed by atoms with Crippen molar-refractivity contribution in [3.8, 4) is 0 Å². The molecule has 0 saturated heterocycles. The van der Waals surface area contributed by atoms with Gasteiger partial charge in [0.05, 0.1) is 0 Å². The lowest BCUT2D eigenvalue weighted by atomic mass is 10.2. The fourth-order valence-electron chi connectivity index (χ4n) is 1.17. The van der Waals surface area contributed by atoms with Gasteiger partial charge in [-0.05, 0) is 32.4 Å². The van der Waals surface area contributed by atoms with Gasteiger partial charge in [-0.3, -0.25) is 0 Å². The summed E-state index contributed by atoms with van der Waals surface area (Å²) in [5.41, 5.74) is 0. The van der Waals surface area contributed by atoms with Gasteiger partial charge in [-0.25, -0.2) is 4.79 Å². The van der Waals surface area contributed by atoms with Crippen LogP contribution in [0.15, 0.2) is 0 Å². The first-order valence-electron chi connectivity index (χ1n) is 5.36. The van der Waals surface area contributed by atoms with Crippen molar-refractivity contribution in [2.24, 2.45) is 0 Å². The first-order valence-corrected chi connectivity index (χ1v) is 5.36. The van der Waals surface area contributed by atoms with Gasteiger partial charge in [-0.2, -0.15) is 5.26 Å². The van der Waals surface area contributed by atoms with E-state index in [2.05, 4.69) is 17.1 Å². The van der Waals surface area contributed by atoms with Gasteiger partial charge in [0.1, 0.15) is 0 Å². The zero-order valence-electron chi connectivity index (χ0n) is 8.92. The highest BCUT2D eigenvalue weighted by Gasteiger charge is 2.00. The number of hydrogen-bond acceptors (Lipinski definition) is 4. The van der Waals surface area contributed by atoms with Crippen molar-refractivity contribution in [3.05, 3.63) is 0 Å². The van der Waals surface area contributed by atoms with Gasteiger partial charge in [0, 0.05) is 6.42 Å². The molecule has 0 aromatic rings. The second-order valence-electron chi connectivity index (χ2n) is 3.38. The van der Waals surface area contributed by atoms with Gasteiger partial charge in [-0.1, -0.05) is 19.8 Å². The monoisotopic (exact) mass is 203 g/mol. The zero-order valence-corrected chi connectivity index (χ0v) is 8.92. The molecule has 0 heterocycles. The van der Waals surface area contributed by atoms with Gasteiger partial charge in [0.2, 0.25) is 0 Å². The van der Waals surface area contributed by atoms with Gasteiger partial charge < -0.3 is 10.2 Å². The molecule has 0 bridgehead atoms. The Labute approximate surface area is 85.6 Å². The molecule has 0 atom stereocenters. The summed E-state index contributed by atoms with van der Waals surface area (Å²) < 4.78 is 0. The number of nitrogens with one attached hydrogen (secondary N) is 1. The van der Waals surface area contributed by atoms with E-state index in [1.54, 1.807) is 0 Å². The molecule has 0 spiro atoms. The van der Waals surface area contributed by atoms with E-state index in [9.17, 15) is 4.79 Å². The molecule has 4 heteroatoms. The minimum absolute atomic E-state index is 0.311. The minimum Gasteiger partial charge on any atom is -0.317 e. The normalized spacial score (nSPS) is 10.1. The quantitative estimate of drug-likeness (QED) is 0.341. The molecule has 14 heavy (non-hydrogen) atoms. The summed E-state index contributed by atoms with van der Waals surface area (Å²) in [4.78, 5) is 14.1. The summed E-state index contributed by atoms with van der Waals surface area (Å²) in [5.74, 6) is -0.538. The number of rotatable bonds is 9. The molecule has 4 nitrogen and oxygen atoms in total. The topological polar surface area (TPSA) is 58.6 Å². The maximum atomic E-state index is 10.5. The number of carbonyl (C=O) groups excluding carboxylic acids is 1. The highest BCUT2D eigenvalue weighted by atomic mass is 17.1. The third kappa shape index (κ3) is 9.48. The highest BCUT2D eigenvalue weighted by molar-refractivity contribution is 5.68. The molecule has 2 N–H and O–H groups in total. The third-order valence-corrected chi connectivity index (χ3v) is 2.04. The fraction of sp³-hybridized carbons (Fsp3) is 0.900. The van der Waals surface area contributed by atoms with Gasteiger partial charge in [0.25, 0.3) is 0 Å². The SMILES string of the molecule is CCCCNCCCCCC(=O)OO. The van der Waals surface area contributed by atoms with Crippen LogP contribution in [0.5, 0.6) is 0 Å². The minimum atomic E-state index is -0.538. The lowest BCUT2D eigenvalue weighted by molar-refractivity contribution is -0.234. The molecule has 0 saturated carbocycles. The number of unbranched alkanes of at least 4 members (excludes halogenated alkanes) is 3. The van der Waals surface area contributed by atoms with Crippen molar-refractivity contribution in [1.82, 2.24) is 5.32 Å². The van der Waals surface area contributed by atoms with Gasteiger partial charge in [-0.15, -0.1) is 0 Å². The van der Waals surface area contributed by atoms with Crippen LogP contribution in [-0.2, 0) is 9.68 Å². The Morgan fingerprint density at radius 1 is 1.21 bits per heavy atom. The predicted molar refractivity (Wildman–Crippen MR) is 55.0 cm³/mol. The molecular weight excluding hydrogens is 182 g/mol. The summed E-state index contributed by atoms with van der Waals surface area (Å²) in [6, 6.07) is 0. The first kappa shape index (κ1) is 13.4. The first-order chi connectivity index (χ1) is 6.81. The van der Waals surface area contributed by atoms with Crippen LogP contribution in [0.2, 0.25) is 0 Å². The fourth-order valence-corrected chi connectivity index (χ4v) is 1.17. The van der Waals surface area contributed by atoms with Crippen LogP contribution in [0, 0.1) is 0 Å². The molecule has 0 radical (unpaired) electrons. The smallest absolute Gasteiger partial charge is 0.317 e. The molecule has 0 aliphatic carbocycles. The maximum absolute atomic E-state index is 10.5. The van der Waals surface area contributed by atoms with Crippen molar-refractivity contribution in [1.29, 1.82) is 0 Å². The van der Waals surface area contributed by atoms with Crippen LogP contribution < -0.4 is 5.32 Å². The predicted octanol–water partition coefficient (Wildman–Crippen LogP) is 1.95. The number of carbonyl (C=O) groups is 1. The highest BCUT2D eigenvalue weighted by Crippen LogP contribution is 1.99. The Hall–Kier alpha value is -0.610. The molecule has 0 aliphatic rings. The molecule has 0 aliphatic heterocycles. The average molecular weight is 203 g/mol. The maximum Gasteiger partial charge on any atom is 0.342 e. The van der Waals surface area contributed by atoms with Crippen LogP contribution in [0.3, 0.4) is 0 Å². The van der Waals surface area contributed by atoms with Crippen LogP contribution in [0.1, 0.15) is 45.4 Å². The van der Waals surface area contributed by atoms with Crippen LogP contribution >= 0.6 is 0 Å². The van der Waals surface area contributed by atoms with Crippen molar-refractivity contribution in [2.45, 2.75) is 45.4 Å². The van der Waals surface area contributed by atoms with E-state index in [1.807, 2.05) is 0 Å². The van der Waals surface area contributed by atoms with Crippen LogP contribution in [0.4, 0.5) is 0 Å². The van der Waals surface area contributed by atoms with Gasteiger partial charge >= 0.3 is 5.97 Å². The lowest BCUT2D eigenvalue weighted by Gasteiger charge is -2.02. The second kappa shape index (κ2) is 10.5. The van der Waals surface area contributed by atoms with E-state index < -0.39 is 5.97 Å². The van der Waals surface area contributed by atoms with Crippen molar-refractivity contribution < 1.29 is 14.9 Å². The van der Waals surface area contributed by atoms with Crippen LogP contribution in [0.25, 0.3) is 0 Å². The summed E-state index contributed by atoms with van der Waals surface area (Å²) in [7, 11) is 0. The second-order valence-corrected chi connectivity index (χ2v) is 3.38. The average Bonchev–Trinajstić information content (AvgIpc) is 2.21. The summed E-state index contributed by atoms with van der Waals surface area (Å²) in [6.07, 6.45) is 5.60. The van der Waals surface area contributed by atoms with Crippen molar-refractivity contribution in [3.63, 3.8) is 0 Å². The summed E-state index contributed by atoms with van der Waals surface area (Å²) >= 11 is 0. The van der Waals surface area contributed by atoms with E-state index in [4.69, 9.17) is 5.26 Å². The summed E-state index contributed by atoms with van der Waals surface area (Å²) in [5, 5.41) is 11.3. The van der Waals surface area contributed by atoms with E-state index >= 15 is 0 Å². The van der Waals surface area contributed by atoms with E-state index in [1.165, 1.54) is 12.8 Å². The lowest BCUT2D eigenvalue weighted by Crippen LogP contribution is -2.16. The Morgan fingerprint density at radius 2 is 1.93 bits per heavy atom. The van der Waals surface area contributed by atoms with Crippen molar-refractivity contribution >= 4 is 5.97 Å². The largest absolute Gasteiger partial charge is 0.342 e. The molecule has 0 aromatic heterocycles. The molecular formula is C10H21NO3. The Kier molecular flexibility index (Phi) is 10.0. The Balaban J connectivity index is 2.95. The molecule has 0 unspecified atom stereocenters. The molecule has 84 valence electrons. The number of hydrogen-bond donors (Lipinski definition) is 2. The molecule has 0 fully saturated rings. The van der Waals surface area contributed by atoms with E-state index in [0.717, 1.165) is 32.4 Å². The van der Waals surface area contributed by atoms with Crippen LogP contribution in [-0.4, -0.2) is 24.3 Å². The molecule has 0 rings (SSSR count).